The van der Waals surface area contributed by atoms with Crippen LogP contribution >= 0.6 is 0 Å². The van der Waals surface area contributed by atoms with Crippen molar-refractivity contribution in [1.29, 1.82) is 0 Å². The average Bonchev–Trinajstić information content (AvgIpc) is 2.60. The summed E-state index contributed by atoms with van der Waals surface area (Å²) in [7, 11) is 1.56. The quantitative estimate of drug-likeness (QED) is 0.911. The fraction of sp³-hybridized carbons (Fsp3) is 0.235. The van der Waals surface area contributed by atoms with Crippen molar-refractivity contribution < 1.29 is 24.5 Å². The molecule has 0 fully saturated rings. The van der Waals surface area contributed by atoms with Gasteiger partial charge in [0, 0.05) is 18.1 Å². The van der Waals surface area contributed by atoms with Crippen molar-refractivity contribution in [3.63, 3.8) is 0 Å². The summed E-state index contributed by atoms with van der Waals surface area (Å²) in [5.41, 5.74) is -0.296. The zero-order valence-electron chi connectivity index (χ0n) is 12.1. The lowest BCUT2D eigenvalue weighted by atomic mass is 9.84. The Morgan fingerprint density at radius 2 is 2.05 bits per heavy atom. The molecule has 2 aromatic carbocycles. The largest absolute Gasteiger partial charge is 0.497 e. The molecule has 1 atom stereocenters. The molecule has 1 heterocycles. The summed E-state index contributed by atoms with van der Waals surface area (Å²) in [6, 6.07) is 12.2. The van der Waals surface area contributed by atoms with Gasteiger partial charge in [-0.25, -0.2) is 0 Å². The SMILES string of the molecule is COc1ccc2c(c1)Oc1ccccc1C(O)(CC(=O)O)C2. The lowest BCUT2D eigenvalue weighted by molar-refractivity contribution is -0.143. The Hall–Kier alpha value is -2.53. The predicted molar refractivity (Wildman–Crippen MR) is 79.4 cm³/mol. The van der Waals surface area contributed by atoms with Crippen LogP contribution in [0.15, 0.2) is 42.5 Å². The number of para-hydroxylation sites is 1. The number of aliphatic carboxylic acids is 1. The van der Waals surface area contributed by atoms with Crippen LogP contribution in [-0.2, 0) is 16.8 Å². The predicted octanol–water partition coefficient (Wildman–Crippen LogP) is 2.71. The van der Waals surface area contributed by atoms with Crippen LogP contribution in [0.25, 0.3) is 0 Å². The third-order valence-electron chi connectivity index (χ3n) is 3.81. The Morgan fingerprint density at radius 3 is 2.77 bits per heavy atom. The molecule has 0 saturated carbocycles. The number of carbonyl (C=O) groups is 1. The minimum absolute atomic E-state index is 0.162. The number of ether oxygens (including phenoxy) is 2. The molecular formula is C17H16O5. The van der Waals surface area contributed by atoms with Gasteiger partial charge < -0.3 is 19.7 Å². The molecule has 5 nitrogen and oxygen atoms in total. The molecular weight excluding hydrogens is 284 g/mol. The number of fused-ring (bicyclic) bond motifs is 2. The van der Waals surface area contributed by atoms with E-state index in [0.29, 0.717) is 22.8 Å². The molecule has 1 aliphatic rings. The first-order valence-corrected chi connectivity index (χ1v) is 6.90. The Morgan fingerprint density at radius 1 is 1.27 bits per heavy atom. The Bertz CT molecular complexity index is 725. The summed E-state index contributed by atoms with van der Waals surface area (Å²) in [6.07, 6.45) is -0.228. The van der Waals surface area contributed by atoms with E-state index in [0.717, 1.165) is 5.56 Å². The molecule has 0 spiro atoms. The van der Waals surface area contributed by atoms with Crippen molar-refractivity contribution in [3.8, 4) is 17.2 Å². The van der Waals surface area contributed by atoms with Crippen LogP contribution in [-0.4, -0.2) is 23.3 Å². The fourth-order valence-electron chi connectivity index (χ4n) is 2.78. The molecule has 1 unspecified atom stereocenters. The topological polar surface area (TPSA) is 76.0 Å². The number of carboxylic acids is 1. The molecule has 0 aliphatic carbocycles. The van der Waals surface area contributed by atoms with Gasteiger partial charge in [-0.05, 0) is 17.7 Å². The molecule has 2 aromatic rings. The smallest absolute Gasteiger partial charge is 0.306 e. The first-order chi connectivity index (χ1) is 10.5. The molecule has 0 bridgehead atoms. The van der Waals surface area contributed by atoms with E-state index in [4.69, 9.17) is 14.6 Å². The number of hydrogen-bond acceptors (Lipinski definition) is 4. The summed E-state index contributed by atoms with van der Waals surface area (Å²) in [6.45, 7) is 0. The van der Waals surface area contributed by atoms with E-state index in [1.54, 1.807) is 49.6 Å². The summed E-state index contributed by atoms with van der Waals surface area (Å²) < 4.78 is 11.1. The van der Waals surface area contributed by atoms with Gasteiger partial charge in [0.05, 0.1) is 13.5 Å². The van der Waals surface area contributed by atoms with Gasteiger partial charge in [0.25, 0.3) is 0 Å². The van der Waals surface area contributed by atoms with Crippen LogP contribution < -0.4 is 9.47 Å². The highest BCUT2D eigenvalue weighted by atomic mass is 16.5. The van der Waals surface area contributed by atoms with E-state index in [2.05, 4.69) is 0 Å². The van der Waals surface area contributed by atoms with E-state index < -0.39 is 18.0 Å². The molecule has 1 aliphatic heterocycles. The van der Waals surface area contributed by atoms with E-state index in [-0.39, 0.29) is 6.42 Å². The summed E-state index contributed by atoms with van der Waals surface area (Å²) in [4.78, 5) is 11.2. The minimum atomic E-state index is -1.51. The van der Waals surface area contributed by atoms with Crippen LogP contribution in [0.1, 0.15) is 17.5 Å². The third-order valence-corrected chi connectivity index (χ3v) is 3.81. The van der Waals surface area contributed by atoms with Gasteiger partial charge >= 0.3 is 5.97 Å². The number of carboxylic acid groups (broad SMARTS) is 1. The minimum Gasteiger partial charge on any atom is -0.497 e. The highest BCUT2D eigenvalue weighted by Crippen LogP contribution is 2.44. The standard InChI is InChI=1S/C17H16O5/c1-21-12-7-6-11-9-17(20,10-16(18)19)13-4-2-3-5-14(13)22-15(11)8-12/h2-8,20H,9-10H2,1H3,(H,18,19). The molecule has 3 rings (SSSR count). The van der Waals surface area contributed by atoms with Gasteiger partial charge in [0.1, 0.15) is 22.8 Å². The van der Waals surface area contributed by atoms with Crippen LogP contribution in [0.5, 0.6) is 17.2 Å². The maximum atomic E-state index is 11.2. The van der Waals surface area contributed by atoms with E-state index >= 15 is 0 Å². The molecule has 5 heteroatoms. The lowest BCUT2D eigenvalue weighted by Crippen LogP contribution is -2.31. The maximum absolute atomic E-state index is 11.2. The van der Waals surface area contributed by atoms with Crippen LogP contribution in [0.3, 0.4) is 0 Å². The number of benzene rings is 2. The third kappa shape index (κ3) is 2.51. The van der Waals surface area contributed by atoms with Gasteiger partial charge in [-0.15, -0.1) is 0 Å². The van der Waals surface area contributed by atoms with Crippen molar-refractivity contribution in [1.82, 2.24) is 0 Å². The second kappa shape index (κ2) is 5.35. The summed E-state index contributed by atoms with van der Waals surface area (Å²) >= 11 is 0. The van der Waals surface area contributed by atoms with Gasteiger partial charge in [-0.2, -0.15) is 0 Å². The van der Waals surface area contributed by atoms with Crippen LogP contribution in [0.2, 0.25) is 0 Å². The highest BCUT2D eigenvalue weighted by molar-refractivity contribution is 5.69. The van der Waals surface area contributed by atoms with Crippen LogP contribution in [0.4, 0.5) is 0 Å². The number of methoxy groups -OCH3 is 1. The van der Waals surface area contributed by atoms with Crippen molar-refractivity contribution in [3.05, 3.63) is 53.6 Å². The lowest BCUT2D eigenvalue weighted by Gasteiger charge is -2.26. The zero-order valence-corrected chi connectivity index (χ0v) is 12.1. The molecule has 114 valence electrons. The van der Waals surface area contributed by atoms with Crippen molar-refractivity contribution >= 4 is 5.97 Å². The monoisotopic (exact) mass is 300 g/mol. The second-order valence-corrected chi connectivity index (χ2v) is 5.35. The highest BCUT2D eigenvalue weighted by Gasteiger charge is 2.38. The Balaban J connectivity index is 2.15. The Kier molecular flexibility index (Phi) is 3.50. The normalized spacial score (nSPS) is 19.4. The van der Waals surface area contributed by atoms with Crippen molar-refractivity contribution in [2.45, 2.75) is 18.4 Å². The molecule has 0 aromatic heterocycles. The van der Waals surface area contributed by atoms with Crippen molar-refractivity contribution in [2.24, 2.45) is 0 Å². The maximum Gasteiger partial charge on any atom is 0.306 e. The number of aliphatic hydroxyl groups is 1. The van der Waals surface area contributed by atoms with E-state index in [1.165, 1.54) is 0 Å². The molecule has 2 N–H and O–H groups in total. The summed E-state index contributed by atoms with van der Waals surface area (Å²) in [5, 5.41) is 20.1. The molecule has 0 saturated heterocycles. The molecule has 0 radical (unpaired) electrons. The number of hydrogen-bond donors (Lipinski definition) is 2. The van der Waals surface area contributed by atoms with Gasteiger partial charge in [-0.1, -0.05) is 24.3 Å². The number of rotatable bonds is 3. The van der Waals surface area contributed by atoms with Gasteiger partial charge in [-0.3, -0.25) is 4.79 Å². The van der Waals surface area contributed by atoms with Gasteiger partial charge in [0.2, 0.25) is 0 Å². The average molecular weight is 300 g/mol. The first-order valence-electron chi connectivity index (χ1n) is 6.90. The fourth-order valence-corrected chi connectivity index (χ4v) is 2.78. The second-order valence-electron chi connectivity index (χ2n) is 5.35. The Labute approximate surface area is 127 Å². The van der Waals surface area contributed by atoms with Crippen molar-refractivity contribution in [2.75, 3.05) is 7.11 Å². The molecule has 22 heavy (non-hydrogen) atoms. The summed E-state index contributed by atoms with van der Waals surface area (Å²) in [5.74, 6) is 0.598. The zero-order chi connectivity index (χ0) is 15.7. The molecule has 0 amide bonds. The first kappa shape index (κ1) is 14.4. The van der Waals surface area contributed by atoms with Crippen LogP contribution in [0, 0.1) is 0 Å². The van der Waals surface area contributed by atoms with Gasteiger partial charge in [0.15, 0.2) is 0 Å². The van der Waals surface area contributed by atoms with E-state index in [1.807, 2.05) is 0 Å². The van der Waals surface area contributed by atoms with E-state index in [9.17, 15) is 9.90 Å².